The van der Waals surface area contributed by atoms with Crippen molar-refractivity contribution in [1.29, 1.82) is 0 Å². The van der Waals surface area contributed by atoms with Crippen LogP contribution in [0.3, 0.4) is 0 Å². The van der Waals surface area contributed by atoms with E-state index in [0.29, 0.717) is 0 Å². The molecule has 0 aliphatic carbocycles. The molecule has 0 spiro atoms. The Balaban J connectivity index is 2.70. The molecule has 0 aromatic heterocycles. The van der Waals surface area contributed by atoms with Gasteiger partial charge < -0.3 is 4.90 Å². The SMILES string of the molecule is CN1CC(C)(C)c2c1ccc(F)c2Cl. The van der Waals surface area contributed by atoms with Crippen LogP contribution in [-0.4, -0.2) is 13.6 Å². The predicted molar refractivity (Wildman–Crippen MR) is 57.7 cm³/mol. The van der Waals surface area contributed by atoms with Gasteiger partial charge in [0.2, 0.25) is 0 Å². The van der Waals surface area contributed by atoms with Crippen LogP contribution in [-0.2, 0) is 5.41 Å². The molecule has 14 heavy (non-hydrogen) atoms. The zero-order chi connectivity index (χ0) is 10.5. The first-order valence-electron chi connectivity index (χ1n) is 4.63. The van der Waals surface area contributed by atoms with Crippen LogP contribution in [0.4, 0.5) is 10.1 Å². The summed E-state index contributed by atoms with van der Waals surface area (Å²) < 4.78 is 13.3. The van der Waals surface area contributed by atoms with Gasteiger partial charge in [-0.05, 0) is 12.1 Å². The molecule has 0 unspecified atom stereocenters. The molecule has 1 aliphatic heterocycles. The standard InChI is InChI=1S/C11H13ClFN/c1-11(2)6-14(3)8-5-4-7(13)10(12)9(8)11/h4-5H,6H2,1-3H3. The van der Waals surface area contributed by atoms with E-state index in [2.05, 4.69) is 18.7 Å². The second-order valence-corrected chi connectivity index (χ2v) is 4.87. The first-order valence-corrected chi connectivity index (χ1v) is 5.01. The summed E-state index contributed by atoms with van der Waals surface area (Å²) in [5, 5.41) is 0.275. The Morgan fingerprint density at radius 1 is 1.43 bits per heavy atom. The van der Waals surface area contributed by atoms with E-state index >= 15 is 0 Å². The maximum absolute atomic E-state index is 13.3. The number of rotatable bonds is 0. The Kier molecular flexibility index (Phi) is 2.00. The molecule has 0 radical (unpaired) electrons. The molecule has 0 fully saturated rings. The van der Waals surface area contributed by atoms with Crippen LogP contribution < -0.4 is 4.90 Å². The smallest absolute Gasteiger partial charge is 0.142 e. The van der Waals surface area contributed by atoms with Gasteiger partial charge in [0, 0.05) is 30.3 Å². The van der Waals surface area contributed by atoms with E-state index < -0.39 is 0 Å². The lowest BCUT2D eigenvalue weighted by Gasteiger charge is -2.19. The van der Waals surface area contributed by atoms with E-state index in [0.717, 1.165) is 17.8 Å². The van der Waals surface area contributed by atoms with Crippen LogP contribution in [0.15, 0.2) is 12.1 Å². The number of fused-ring (bicyclic) bond motifs is 1. The van der Waals surface area contributed by atoms with Gasteiger partial charge in [0.05, 0.1) is 5.02 Å². The Labute approximate surface area is 88.5 Å². The van der Waals surface area contributed by atoms with Crippen molar-refractivity contribution in [1.82, 2.24) is 0 Å². The molecule has 0 N–H and O–H groups in total. The van der Waals surface area contributed by atoms with E-state index in [1.54, 1.807) is 6.07 Å². The largest absolute Gasteiger partial charge is 0.373 e. The third kappa shape index (κ3) is 1.21. The summed E-state index contributed by atoms with van der Waals surface area (Å²) in [5.74, 6) is -0.325. The number of likely N-dealkylation sites (N-methyl/N-ethyl adjacent to an activating group) is 1. The van der Waals surface area contributed by atoms with Gasteiger partial charge in [-0.1, -0.05) is 25.4 Å². The fourth-order valence-electron chi connectivity index (χ4n) is 2.26. The molecule has 1 aliphatic rings. The van der Waals surface area contributed by atoms with Gasteiger partial charge in [0.25, 0.3) is 0 Å². The van der Waals surface area contributed by atoms with E-state index in [9.17, 15) is 4.39 Å². The molecule has 1 aromatic carbocycles. The van der Waals surface area contributed by atoms with Crippen molar-refractivity contribution in [3.8, 4) is 0 Å². The predicted octanol–water partition coefficient (Wildman–Crippen LogP) is 3.21. The van der Waals surface area contributed by atoms with Gasteiger partial charge in [-0.15, -0.1) is 0 Å². The average Bonchev–Trinajstić information content (AvgIpc) is 2.29. The minimum atomic E-state index is -0.325. The zero-order valence-electron chi connectivity index (χ0n) is 8.56. The van der Waals surface area contributed by atoms with E-state index in [1.807, 2.05) is 7.05 Å². The summed E-state index contributed by atoms with van der Waals surface area (Å²) in [6.45, 7) is 5.05. The molecule has 0 atom stereocenters. The highest BCUT2D eigenvalue weighted by Gasteiger charge is 2.36. The normalized spacial score (nSPS) is 18.5. The fraction of sp³-hybridized carbons (Fsp3) is 0.455. The Bertz CT molecular complexity index is 387. The molecular weight excluding hydrogens is 201 g/mol. The molecule has 0 bridgehead atoms. The average molecular weight is 214 g/mol. The van der Waals surface area contributed by atoms with Gasteiger partial charge in [-0.25, -0.2) is 4.39 Å². The number of benzene rings is 1. The molecule has 76 valence electrons. The van der Waals surface area contributed by atoms with Crippen LogP contribution in [0.1, 0.15) is 19.4 Å². The molecule has 0 saturated carbocycles. The lowest BCUT2D eigenvalue weighted by molar-refractivity contribution is 0.555. The lowest BCUT2D eigenvalue weighted by Crippen LogP contribution is -2.25. The van der Waals surface area contributed by atoms with Gasteiger partial charge in [-0.3, -0.25) is 0 Å². The lowest BCUT2D eigenvalue weighted by atomic mass is 9.87. The highest BCUT2D eigenvalue weighted by molar-refractivity contribution is 6.32. The summed E-state index contributed by atoms with van der Waals surface area (Å²) in [4.78, 5) is 2.11. The van der Waals surface area contributed by atoms with Crippen LogP contribution in [0.5, 0.6) is 0 Å². The van der Waals surface area contributed by atoms with Gasteiger partial charge >= 0.3 is 0 Å². The number of anilines is 1. The topological polar surface area (TPSA) is 3.24 Å². The van der Waals surface area contributed by atoms with Gasteiger partial charge in [-0.2, -0.15) is 0 Å². The quantitative estimate of drug-likeness (QED) is 0.640. The van der Waals surface area contributed by atoms with Crippen molar-refractivity contribution in [3.63, 3.8) is 0 Å². The first kappa shape index (κ1) is 9.78. The summed E-state index contributed by atoms with van der Waals surface area (Å²) in [6.07, 6.45) is 0. The molecule has 1 aromatic rings. The fourth-order valence-corrected chi connectivity index (χ4v) is 2.68. The van der Waals surface area contributed by atoms with E-state index in [4.69, 9.17) is 11.6 Å². The summed E-state index contributed by atoms with van der Waals surface area (Å²) in [6, 6.07) is 3.23. The molecule has 1 heterocycles. The zero-order valence-corrected chi connectivity index (χ0v) is 9.32. The van der Waals surface area contributed by atoms with Crippen LogP contribution in [0.2, 0.25) is 5.02 Å². The molecule has 0 amide bonds. The molecule has 1 nitrogen and oxygen atoms in total. The maximum atomic E-state index is 13.3. The second-order valence-electron chi connectivity index (χ2n) is 4.50. The Hall–Kier alpha value is -0.760. The highest BCUT2D eigenvalue weighted by atomic mass is 35.5. The van der Waals surface area contributed by atoms with Crippen molar-refractivity contribution in [2.24, 2.45) is 0 Å². The van der Waals surface area contributed by atoms with Crippen LogP contribution in [0.25, 0.3) is 0 Å². The minimum absolute atomic E-state index is 0.0662. The van der Waals surface area contributed by atoms with Crippen molar-refractivity contribution < 1.29 is 4.39 Å². The van der Waals surface area contributed by atoms with Crippen LogP contribution >= 0.6 is 11.6 Å². The molecule has 3 heteroatoms. The third-order valence-corrected chi connectivity index (χ3v) is 3.16. The number of halogens is 2. The third-order valence-electron chi connectivity index (χ3n) is 2.79. The maximum Gasteiger partial charge on any atom is 0.142 e. The van der Waals surface area contributed by atoms with Crippen molar-refractivity contribution >= 4 is 17.3 Å². The highest BCUT2D eigenvalue weighted by Crippen LogP contribution is 2.44. The Morgan fingerprint density at radius 2 is 2.07 bits per heavy atom. The Morgan fingerprint density at radius 3 is 2.71 bits per heavy atom. The van der Waals surface area contributed by atoms with E-state index in [1.165, 1.54) is 6.07 Å². The first-order chi connectivity index (χ1) is 6.43. The van der Waals surface area contributed by atoms with Crippen LogP contribution in [0, 0.1) is 5.82 Å². The van der Waals surface area contributed by atoms with Crippen molar-refractivity contribution in [2.75, 3.05) is 18.5 Å². The number of hydrogen-bond acceptors (Lipinski definition) is 1. The van der Waals surface area contributed by atoms with Crippen molar-refractivity contribution in [3.05, 3.63) is 28.5 Å². The molecule has 2 rings (SSSR count). The summed E-state index contributed by atoms with van der Waals surface area (Å²) in [5.41, 5.74) is 1.91. The minimum Gasteiger partial charge on any atom is -0.373 e. The summed E-state index contributed by atoms with van der Waals surface area (Å²) >= 11 is 5.99. The van der Waals surface area contributed by atoms with Gasteiger partial charge in [0.1, 0.15) is 5.82 Å². The number of nitrogens with zero attached hydrogens (tertiary/aromatic N) is 1. The van der Waals surface area contributed by atoms with E-state index in [-0.39, 0.29) is 16.3 Å². The number of hydrogen-bond donors (Lipinski definition) is 0. The summed E-state index contributed by atoms with van der Waals surface area (Å²) in [7, 11) is 2.00. The monoisotopic (exact) mass is 213 g/mol. The molecule has 0 saturated heterocycles. The second kappa shape index (κ2) is 2.86. The van der Waals surface area contributed by atoms with Gasteiger partial charge in [0.15, 0.2) is 0 Å². The molecular formula is C11H13ClFN. The van der Waals surface area contributed by atoms with Crippen molar-refractivity contribution in [2.45, 2.75) is 19.3 Å².